The van der Waals surface area contributed by atoms with Crippen LogP contribution in [0.15, 0.2) is 47.1 Å². The van der Waals surface area contributed by atoms with Crippen LogP contribution in [0, 0.1) is 5.82 Å². The van der Waals surface area contributed by atoms with Crippen LogP contribution in [0.4, 0.5) is 4.39 Å². The van der Waals surface area contributed by atoms with Gasteiger partial charge in [0.25, 0.3) is 0 Å². The van der Waals surface area contributed by atoms with Crippen molar-refractivity contribution in [3.05, 3.63) is 63.9 Å². The van der Waals surface area contributed by atoms with Crippen molar-refractivity contribution in [2.45, 2.75) is 81.6 Å². The number of benzene rings is 2. The molecule has 1 aliphatic carbocycles. The van der Waals surface area contributed by atoms with E-state index in [0.717, 1.165) is 12.1 Å². The summed E-state index contributed by atoms with van der Waals surface area (Å²) in [5, 5.41) is 58.9. The van der Waals surface area contributed by atoms with Gasteiger partial charge in [0.15, 0.2) is 11.5 Å². The second-order valence-corrected chi connectivity index (χ2v) is 13.3. The maximum absolute atomic E-state index is 13.4. The molecule has 20 heteroatoms. The number of nitrogens with one attached hydrogen (secondary N) is 1. The quantitative estimate of drug-likeness (QED) is 0.0656. The van der Waals surface area contributed by atoms with E-state index in [1.54, 1.807) is 0 Å². The summed E-state index contributed by atoms with van der Waals surface area (Å²) in [6, 6.07) is 6.32. The normalized spacial score (nSPS) is 31.7. The number of aliphatic hydroxyl groups excluding tert-OH is 5. The number of rotatable bonds is 11. The van der Waals surface area contributed by atoms with Crippen LogP contribution in [0.5, 0.6) is 11.5 Å². The van der Waals surface area contributed by atoms with Gasteiger partial charge < -0.3 is 59.2 Å². The highest BCUT2D eigenvalue weighted by atomic mass is 35.5. The maximum Gasteiger partial charge on any atom is 0.524 e. The number of hydrogen-bond donors (Lipinski definition) is 8. The molecule has 0 aromatic heterocycles. The summed E-state index contributed by atoms with van der Waals surface area (Å²) >= 11 is 5.76. The molecule has 10 unspecified atom stereocenters. The lowest BCUT2D eigenvalue weighted by Gasteiger charge is -2.41. The standard InChI is InChI=1S/C30H35ClFN2O15P/c1-12(29(40)33-20-21(35)23(37)28-27(22(20)36)44-11-45-28)7-14-4-6-18(19(9-14)49-50(41,42)43)47-30-25(39)24(38)26(48-30)13(2)34-46-10-15-3-5-17(32)16(31)8-15/h3-9,20-28,30,35-39H,10-11H2,1-2H3,(H,33,40)(H2,41,42,43)/b12-7?,34-13+. The maximum atomic E-state index is 13.4. The molecule has 0 spiro atoms. The van der Waals surface area contributed by atoms with Crippen LogP contribution in [0.25, 0.3) is 6.08 Å². The monoisotopic (exact) mass is 748 g/mol. The first-order valence-corrected chi connectivity index (χ1v) is 16.9. The first-order chi connectivity index (χ1) is 23.5. The molecule has 2 aliphatic heterocycles. The minimum atomic E-state index is -5.18. The number of phosphoric ester groups is 1. The molecule has 2 aromatic rings. The molecule has 8 N–H and O–H groups in total. The van der Waals surface area contributed by atoms with E-state index in [-0.39, 0.29) is 41.0 Å². The SMILES string of the molecule is CC(=Cc1ccc(OC2OC(/C(C)=N/OCc3ccc(F)c(Cl)c3)C(O)C2O)c(OP(=O)(O)O)c1)C(=O)NC1C(O)C(O)C2OCOC2C1O. The van der Waals surface area contributed by atoms with Crippen LogP contribution in [0.1, 0.15) is 25.0 Å². The zero-order valence-electron chi connectivity index (χ0n) is 26.3. The third kappa shape index (κ3) is 8.62. The smallest absolute Gasteiger partial charge is 0.458 e. The summed E-state index contributed by atoms with van der Waals surface area (Å²) < 4.78 is 51.7. The van der Waals surface area contributed by atoms with E-state index < -0.39 is 86.5 Å². The minimum absolute atomic E-state index is 0.0143. The van der Waals surface area contributed by atoms with Crippen molar-refractivity contribution in [2.24, 2.45) is 5.16 Å². The molecule has 17 nitrogen and oxygen atoms in total. The van der Waals surface area contributed by atoms with Crippen molar-refractivity contribution in [3.63, 3.8) is 0 Å². The Morgan fingerprint density at radius 2 is 1.70 bits per heavy atom. The number of halogens is 2. The fraction of sp³-hybridized carbons (Fsp3) is 0.467. The molecule has 5 rings (SSSR count). The molecule has 3 aliphatic rings. The fourth-order valence-electron chi connectivity index (χ4n) is 5.55. The molecule has 10 atom stereocenters. The van der Waals surface area contributed by atoms with E-state index in [2.05, 4.69) is 10.5 Å². The molecule has 1 saturated carbocycles. The molecule has 2 aromatic carbocycles. The Bertz CT molecular complexity index is 1680. The number of fused-ring (bicyclic) bond motifs is 1. The van der Waals surface area contributed by atoms with Crippen molar-refractivity contribution < 1.29 is 77.4 Å². The van der Waals surface area contributed by atoms with Gasteiger partial charge in [-0.3, -0.25) is 14.6 Å². The molecule has 274 valence electrons. The van der Waals surface area contributed by atoms with Crippen molar-refractivity contribution in [1.82, 2.24) is 5.32 Å². The molecule has 2 heterocycles. The van der Waals surface area contributed by atoms with E-state index in [1.165, 1.54) is 44.2 Å². The third-order valence-electron chi connectivity index (χ3n) is 8.13. The summed E-state index contributed by atoms with van der Waals surface area (Å²) in [5.74, 6) is -2.21. The Labute approximate surface area is 288 Å². The number of oxime groups is 1. The average molecular weight is 749 g/mol. The Kier molecular flexibility index (Phi) is 11.8. The lowest BCUT2D eigenvalue weighted by atomic mass is 9.83. The summed E-state index contributed by atoms with van der Waals surface area (Å²) in [7, 11) is -5.18. The molecule has 50 heavy (non-hydrogen) atoms. The van der Waals surface area contributed by atoms with Crippen LogP contribution < -0.4 is 14.6 Å². The predicted molar refractivity (Wildman–Crippen MR) is 168 cm³/mol. The van der Waals surface area contributed by atoms with Gasteiger partial charge in [0.1, 0.15) is 68.0 Å². The van der Waals surface area contributed by atoms with Gasteiger partial charge in [0.2, 0.25) is 12.2 Å². The third-order valence-corrected chi connectivity index (χ3v) is 8.85. The molecule has 2 saturated heterocycles. The number of nitrogens with zero attached hydrogens (tertiary/aromatic N) is 1. The van der Waals surface area contributed by atoms with E-state index in [4.69, 9.17) is 39.9 Å². The van der Waals surface area contributed by atoms with Gasteiger partial charge in [-0.25, -0.2) is 8.96 Å². The van der Waals surface area contributed by atoms with Crippen molar-refractivity contribution >= 4 is 37.1 Å². The summed E-state index contributed by atoms with van der Waals surface area (Å²) in [6.07, 6.45) is -11.2. The molecule has 3 fully saturated rings. The van der Waals surface area contributed by atoms with Crippen LogP contribution in [-0.4, -0.2) is 115 Å². The molecular weight excluding hydrogens is 714 g/mol. The Morgan fingerprint density at radius 1 is 1.00 bits per heavy atom. The second-order valence-electron chi connectivity index (χ2n) is 11.7. The zero-order chi connectivity index (χ0) is 36.5. The number of phosphoric acid groups is 1. The predicted octanol–water partition coefficient (Wildman–Crippen LogP) is 0.0947. The van der Waals surface area contributed by atoms with Crippen molar-refractivity contribution in [2.75, 3.05) is 6.79 Å². The minimum Gasteiger partial charge on any atom is -0.458 e. The topological polar surface area (TPSA) is 256 Å². The highest BCUT2D eigenvalue weighted by Gasteiger charge is 2.53. The fourth-order valence-corrected chi connectivity index (χ4v) is 6.15. The Balaban J connectivity index is 1.27. The van der Waals surface area contributed by atoms with Crippen molar-refractivity contribution in [1.29, 1.82) is 0 Å². The van der Waals surface area contributed by atoms with E-state index in [1.807, 2.05) is 0 Å². The van der Waals surface area contributed by atoms with E-state index >= 15 is 0 Å². The summed E-state index contributed by atoms with van der Waals surface area (Å²) in [5.41, 5.74) is 0.783. The molecular formula is C30H35ClFN2O15P. The molecule has 0 bridgehead atoms. The summed E-state index contributed by atoms with van der Waals surface area (Å²) in [6.45, 7) is 2.51. The second kappa shape index (κ2) is 15.6. The Morgan fingerprint density at radius 3 is 2.38 bits per heavy atom. The van der Waals surface area contributed by atoms with Crippen LogP contribution in [-0.2, 0) is 35.0 Å². The number of carbonyl (C=O) groups excluding carboxylic acids is 1. The highest BCUT2D eigenvalue weighted by molar-refractivity contribution is 7.46. The van der Waals surface area contributed by atoms with Crippen molar-refractivity contribution in [3.8, 4) is 11.5 Å². The number of ether oxygens (including phenoxy) is 4. The van der Waals surface area contributed by atoms with Crippen LogP contribution >= 0.6 is 19.4 Å². The number of aliphatic hydroxyl groups is 5. The number of carbonyl (C=O) groups is 1. The van der Waals surface area contributed by atoms with E-state index in [9.17, 15) is 49.1 Å². The number of amides is 1. The van der Waals surface area contributed by atoms with Crippen LogP contribution in [0.2, 0.25) is 5.02 Å². The van der Waals surface area contributed by atoms with Gasteiger partial charge in [-0.2, -0.15) is 0 Å². The van der Waals surface area contributed by atoms with Crippen LogP contribution in [0.3, 0.4) is 0 Å². The first kappa shape index (κ1) is 38.0. The van der Waals surface area contributed by atoms with Gasteiger partial charge in [-0.15, -0.1) is 0 Å². The first-order valence-electron chi connectivity index (χ1n) is 15.0. The molecule has 1 amide bonds. The number of hydrogen-bond acceptors (Lipinski definition) is 14. The largest absolute Gasteiger partial charge is 0.524 e. The highest BCUT2D eigenvalue weighted by Crippen LogP contribution is 2.43. The zero-order valence-corrected chi connectivity index (χ0v) is 27.9. The lowest BCUT2D eigenvalue weighted by Crippen LogP contribution is -2.67. The average Bonchev–Trinajstić information content (AvgIpc) is 3.65. The Hall–Kier alpha value is -3.23. The molecule has 0 radical (unpaired) electrons. The lowest BCUT2D eigenvalue weighted by molar-refractivity contribution is -0.155. The van der Waals surface area contributed by atoms with Gasteiger partial charge in [0, 0.05) is 5.57 Å². The van der Waals surface area contributed by atoms with E-state index in [0.29, 0.717) is 5.56 Å². The summed E-state index contributed by atoms with van der Waals surface area (Å²) in [4.78, 5) is 37.3. The van der Waals surface area contributed by atoms with Gasteiger partial charge >= 0.3 is 7.82 Å². The van der Waals surface area contributed by atoms with Gasteiger partial charge in [-0.1, -0.05) is 28.9 Å². The van der Waals surface area contributed by atoms with Gasteiger partial charge in [0.05, 0.1) is 16.8 Å². The van der Waals surface area contributed by atoms with Gasteiger partial charge in [-0.05, 0) is 55.3 Å².